The summed E-state index contributed by atoms with van der Waals surface area (Å²) in [5, 5.41) is 0.365. The van der Waals surface area contributed by atoms with E-state index in [2.05, 4.69) is 6.92 Å². The fraction of sp³-hybridized carbons (Fsp3) is 0.158. The number of hydrogen-bond donors (Lipinski definition) is 0. The predicted octanol–water partition coefficient (Wildman–Crippen LogP) is 5.15. The highest BCUT2D eigenvalue weighted by atomic mass is 35.5. The van der Waals surface area contributed by atoms with Crippen molar-refractivity contribution < 1.29 is 4.79 Å². The first-order valence-electron chi connectivity index (χ1n) is 7.29. The number of benzene rings is 2. The molecule has 0 bridgehead atoms. The van der Waals surface area contributed by atoms with Crippen LogP contribution in [0.5, 0.6) is 0 Å². The fourth-order valence-corrected chi connectivity index (χ4v) is 2.78. The summed E-state index contributed by atoms with van der Waals surface area (Å²) < 4.78 is 0. The molecule has 0 fully saturated rings. The number of nitrogens with zero attached hydrogens (tertiary/aromatic N) is 1. The largest absolute Gasteiger partial charge is 0.276 e. The molecular weight excluding hydrogens is 294 g/mol. The van der Waals surface area contributed by atoms with Crippen LogP contribution in [0.2, 0.25) is 0 Å². The maximum atomic E-state index is 11.8. The van der Waals surface area contributed by atoms with Crippen molar-refractivity contribution in [3.8, 4) is 11.3 Å². The highest BCUT2D eigenvalue weighted by Crippen LogP contribution is 2.28. The standard InChI is InChI=1S/C19H16ClNO/c1-3-13-5-4-6-15-16(19(20)22)11-17(21-18(13)15)14-9-7-12(2)8-10-14/h4-11H,3H2,1-2H3. The van der Waals surface area contributed by atoms with Gasteiger partial charge in [0, 0.05) is 16.5 Å². The lowest BCUT2D eigenvalue weighted by molar-refractivity contribution is 0.108. The van der Waals surface area contributed by atoms with Crippen molar-refractivity contribution in [2.24, 2.45) is 0 Å². The maximum Gasteiger partial charge on any atom is 0.253 e. The molecule has 0 amide bonds. The number of halogens is 1. The summed E-state index contributed by atoms with van der Waals surface area (Å²) in [5.41, 5.74) is 5.43. The highest BCUT2D eigenvalue weighted by Gasteiger charge is 2.14. The number of carbonyl (C=O) groups is 1. The molecule has 0 N–H and O–H groups in total. The number of pyridine rings is 1. The summed E-state index contributed by atoms with van der Waals surface area (Å²) in [5.74, 6) is 0. The van der Waals surface area contributed by atoms with E-state index in [0.29, 0.717) is 5.56 Å². The van der Waals surface area contributed by atoms with Crippen molar-refractivity contribution in [2.45, 2.75) is 20.3 Å². The number of aromatic nitrogens is 1. The Morgan fingerprint density at radius 3 is 2.50 bits per heavy atom. The molecular formula is C19H16ClNO. The van der Waals surface area contributed by atoms with Crippen LogP contribution in [0.4, 0.5) is 0 Å². The van der Waals surface area contributed by atoms with E-state index >= 15 is 0 Å². The van der Waals surface area contributed by atoms with E-state index in [4.69, 9.17) is 16.6 Å². The van der Waals surface area contributed by atoms with E-state index in [9.17, 15) is 4.79 Å². The molecule has 1 aromatic heterocycles. The van der Waals surface area contributed by atoms with Crippen molar-refractivity contribution in [3.05, 3.63) is 65.2 Å². The quantitative estimate of drug-likeness (QED) is 0.626. The molecule has 0 aliphatic heterocycles. The number of rotatable bonds is 3. The molecule has 0 atom stereocenters. The van der Waals surface area contributed by atoms with E-state index in [1.165, 1.54) is 5.56 Å². The Bertz CT molecular complexity index is 853. The molecule has 1 heterocycles. The van der Waals surface area contributed by atoms with Gasteiger partial charge in [0.2, 0.25) is 0 Å². The molecule has 0 saturated carbocycles. The van der Waals surface area contributed by atoms with Gasteiger partial charge in [-0.05, 0) is 36.6 Å². The van der Waals surface area contributed by atoms with Gasteiger partial charge in [0.15, 0.2) is 0 Å². The summed E-state index contributed by atoms with van der Waals surface area (Å²) in [6, 6.07) is 15.8. The molecule has 0 aliphatic rings. The third kappa shape index (κ3) is 2.62. The van der Waals surface area contributed by atoms with Gasteiger partial charge in [0.05, 0.1) is 11.2 Å². The molecule has 3 heteroatoms. The second kappa shape index (κ2) is 5.90. The average molecular weight is 310 g/mol. The summed E-state index contributed by atoms with van der Waals surface area (Å²) in [7, 11) is 0. The normalized spacial score (nSPS) is 10.9. The molecule has 3 aromatic rings. The van der Waals surface area contributed by atoms with E-state index < -0.39 is 5.24 Å². The van der Waals surface area contributed by atoms with Crippen LogP contribution in [0.3, 0.4) is 0 Å². The van der Waals surface area contributed by atoms with Crippen LogP contribution in [0.25, 0.3) is 22.2 Å². The number of carbonyl (C=O) groups excluding carboxylic acids is 1. The molecule has 0 spiro atoms. The lowest BCUT2D eigenvalue weighted by Crippen LogP contribution is -1.98. The maximum absolute atomic E-state index is 11.8. The van der Waals surface area contributed by atoms with Crippen LogP contribution in [-0.2, 0) is 6.42 Å². The molecule has 0 radical (unpaired) electrons. The van der Waals surface area contributed by atoms with Crippen molar-refractivity contribution in [1.82, 2.24) is 4.98 Å². The average Bonchev–Trinajstić information content (AvgIpc) is 2.53. The topological polar surface area (TPSA) is 30.0 Å². The molecule has 22 heavy (non-hydrogen) atoms. The molecule has 0 aliphatic carbocycles. The van der Waals surface area contributed by atoms with Gasteiger partial charge in [-0.25, -0.2) is 4.98 Å². The molecule has 2 nitrogen and oxygen atoms in total. The smallest absolute Gasteiger partial charge is 0.253 e. The van der Waals surface area contributed by atoms with Gasteiger partial charge in [-0.15, -0.1) is 0 Å². The van der Waals surface area contributed by atoms with Gasteiger partial charge in [-0.2, -0.15) is 0 Å². The third-order valence-electron chi connectivity index (χ3n) is 3.86. The number of aryl methyl sites for hydroxylation is 2. The summed E-state index contributed by atoms with van der Waals surface area (Å²) in [6.07, 6.45) is 0.859. The summed E-state index contributed by atoms with van der Waals surface area (Å²) in [6.45, 7) is 4.12. The number of para-hydroxylation sites is 1. The van der Waals surface area contributed by atoms with Crippen LogP contribution >= 0.6 is 11.6 Å². The van der Waals surface area contributed by atoms with Crippen LogP contribution in [0, 0.1) is 6.92 Å². The first-order valence-corrected chi connectivity index (χ1v) is 7.67. The zero-order valence-corrected chi connectivity index (χ0v) is 13.3. The van der Waals surface area contributed by atoms with Crippen LogP contribution < -0.4 is 0 Å². The Labute approximate surface area is 134 Å². The van der Waals surface area contributed by atoms with E-state index in [1.54, 1.807) is 6.07 Å². The molecule has 110 valence electrons. The van der Waals surface area contributed by atoms with Gasteiger partial charge in [-0.1, -0.05) is 55.0 Å². The molecule has 2 aromatic carbocycles. The van der Waals surface area contributed by atoms with Crippen molar-refractivity contribution >= 4 is 27.7 Å². The van der Waals surface area contributed by atoms with Crippen LogP contribution in [0.1, 0.15) is 28.4 Å². The van der Waals surface area contributed by atoms with Gasteiger partial charge in [0.25, 0.3) is 5.24 Å². The highest BCUT2D eigenvalue weighted by molar-refractivity contribution is 6.68. The van der Waals surface area contributed by atoms with E-state index in [0.717, 1.165) is 34.1 Å². The van der Waals surface area contributed by atoms with Gasteiger partial charge in [-0.3, -0.25) is 4.79 Å². The van der Waals surface area contributed by atoms with E-state index in [1.807, 2.05) is 49.4 Å². The monoisotopic (exact) mass is 309 g/mol. The Kier molecular flexibility index (Phi) is 3.95. The Morgan fingerprint density at radius 2 is 1.86 bits per heavy atom. The molecule has 3 rings (SSSR count). The van der Waals surface area contributed by atoms with E-state index in [-0.39, 0.29) is 0 Å². The lowest BCUT2D eigenvalue weighted by atomic mass is 10.0. The first kappa shape index (κ1) is 14.7. The molecule has 0 saturated heterocycles. The minimum absolute atomic E-state index is 0.450. The fourth-order valence-electron chi connectivity index (χ4n) is 2.63. The number of hydrogen-bond acceptors (Lipinski definition) is 2. The summed E-state index contributed by atoms with van der Waals surface area (Å²) in [4.78, 5) is 16.6. The van der Waals surface area contributed by atoms with Gasteiger partial charge < -0.3 is 0 Å². The first-order chi connectivity index (χ1) is 10.6. The second-order valence-corrected chi connectivity index (χ2v) is 5.70. The Balaban J connectivity index is 2.32. The van der Waals surface area contributed by atoms with Crippen molar-refractivity contribution in [2.75, 3.05) is 0 Å². The van der Waals surface area contributed by atoms with Crippen molar-refractivity contribution in [3.63, 3.8) is 0 Å². The van der Waals surface area contributed by atoms with Gasteiger partial charge >= 0.3 is 0 Å². The van der Waals surface area contributed by atoms with Crippen LogP contribution in [0.15, 0.2) is 48.5 Å². The second-order valence-electron chi connectivity index (χ2n) is 5.36. The minimum Gasteiger partial charge on any atom is -0.276 e. The summed E-state index contributed by atoms with van der Waals surface area (Å²) >= 11 is 5.80. The predicted molar refractivity (Wildman–Crippen MR) is 91.5 cm³/mol. The zero-order chi connectivity index (χ0) is 15.7. The minimum atomic E-state index is -0.450. The Hall–Kier alpha value is -2.19. The SMILES string of the molecule is CCc1cccc2c(C(=O)Cl)cc(-c3ccc(C)cc3)nc12. The molecule has 0 unspecified atom stereocenters. The number of fused-ring (bicyclic) bond motifs is 1. The third-order valence-corrected chi connectivity index (χ3v) is 4.07. The lowest BCUT2D eigenvalue weighted by Gasteiger charge is -2.10. The van der Waals surface area contributed by atoms with Gasteiger partial charge in [0.1, 0.15) is 0 Å². The van der Waals surface area contributed by atoms with Crippen molar-refractivity contribution in [1.29, 1.82) is 0 Å². The Morgan fingerprint density at radius 1 is 1.14 bits per heavy atom. The zero-order valence-electron chi connectivity index (χ0n) is 12.6. The van der Waals surface area contributed by atoms with Crippen LogP contribution in [-0.4, -0.2) is 10.2 Å².